The van der Waals surface area contributed by atoms with Gasteiger partial charge in [0.1, 0.15) is 11.9 Å². The second-order valence-electron chi connectivity index (χ2n) is 6.69. The molecule has 0 aliphatic rings. The number of carbonyl (C=O) groups excluding carboxylic acids is 2. The molecule has 2 aromatic rings. The van der Waals surface area contributed by atoms with Crippen LogP contribution in [0, 0.1) is 11.7 Å². The molecule has 2 rings (SSSR count). The first-order chi connectivity index (χ1) is 14.2. The molecule has 0 fully saturated rings. The first-order valence-corrected chi connectivity index (χ1v) is 9.66. The summed E-state index contributed by atoms with van der Waals surface area (Å²) in [5.41, 5.74) is 2.68. The minimum atomic E-state index is -0.934. The monoisotopic (exact) mass is 435 g/mol. The number of rotatable bonds is 8. The summed E-state index contributed by atoms with van der Waals surface area (Å²) in [6.45, 7) is 5.57. The van der Waals surface area contributed by atoms with Crippen molar-refractivity contribution < 1.29 is 23.8 Å². The Bertz CT molecular complexity index is 950. The van der Waals surface area contributed by atoms with Crippen molar-refractivity contribution in [3.63, 3.8) is 0 Å². The highest BCUT2D eigenvalue weighted by atomic mass is 35.5. The topological polar surface area (TPSA) is 100 Å². The Kier molecular flexibility index (Phi) is 8.17. The van der Waals surface area contributed by atoms with E-state index >= 15 is 0 Å². The zero-order valence-corrected chi connectivity index (χ0v) is 17.5. The number of benzene rings is 2. The minimum Gasteiger partial charge on any atom is -0.503 e. The Morgan fingerprint density at radius 2 is 2.00 bits per heavy atom. The molecular formula is C21H23ClFN3O4. The van der Waals surface area contributed by atoms with Gasteiger partial charge in [-0.2, -0.15) is 5.10 Å². The van der Waals surface area contributed by atoms with E-state index in [1.165, 1.54) is 42.6 Å². The number of nitrogens with one attached hydrogen (secondary N) is 2. The van der Waals surface area contributed by atoms with Gasteiger partial charge in [-0.1, -0.05) is 37.6 Å². The molecule has 0 radical (unpaired) electrons. The molecule has 2 aromatic carbocycles. The maximum atomic E-state index is 13.8. The fraction of sp³-hybridized carbons (Fsp3) is 0.286. The van der Waals surface area contributed by atoms with Crippen molar-refractivity contribution in [3.05, 3.63) is 58.4 Å². The second-order valence-corrected chi connectivity index (χ2v) is 7.10. The third-order valence-corrected chi connectivity index (χ3v) is 4.38. The molecule has 7 nitrogen and oxygen atoms in total. The van der Waals surface area contributed by atoms with Crippen LogP contribution >= 0.6 is 11.6 Å². The summed E-state index contributed by atoms with van der Waals surface area (Å²) < 4.78 is 19.1. The van der Waals surface area contributed by atoms with E-state index in [1.807, 2.05) is 0 Å². The molecule has 1 unspecified atom stereocenters. The average molecular weight is 436 g/mol. The lowest BCUT2D eigenvalue weighted by Crippen LogP contribution is -2.48. The summed E-state index contributed by atoms with van der Waals surface area (Å²) >= 11 is 5.96. The maximum absolute atomic E-state index is 13.8. The molecule has 0 saturated carbocycles. The smallest absolute Gasteiger partial charge is 0.262 e. The van der Waals surface area contributed by atoms with Crippen molar-refractivity contribution in [3.8, 4) is 11.5 Å². The van der Waals surface area contributed by atoms with Crippen LogP contribution in [0.15, 0.2) is 41.5 Å². The van der Waals surface area contributed by atoms with E-state index in [-0.39, 0.29) is 28.0 Å². The van der Waals surface area contributed by atoms with E-state index < -0.39 is 23.7 Å². The molecule has 30 heavy (non-hydrogen) atoms. The van der Waals surface area contributed by atoms with Gasteiger partial charge in [-0.05, 0) is 42.7 Å². The normalized spacial score (nSPS) is 12.1. The van der Waals surface area contributed by atoms with Gasteiger partial charge in [0.2, 0.25) is 0 Å². The van der Waals surface area contributed by atoms with Crippen LogP contribution in [0.25, 0.3) is 0 Å². The van der Waals surface area contributed by atoms with Gasteiger partial charge < -0.3 is 15.2 Å². The van der Waals surface area contributed by atoms with Crippen LogP contribution < -0.4 is 15.5 Å². The maximum Gasteiger partial charge on any atom is 0.262 e. The molecule has 0 aliphatic heterocycles. The van der Waals surface area contributed by atoms with Gasteiger partial charge in [0.05, 0.1) is 23.4 Å². The van der Waals surface area contributed by atoms with Gasteiger partial charge in [-0.15, -0.1) is 0 Å². The summed E-state index contributed by atoms with van der Waals surface area (Å²) in [7, 11) is 0. The van der Waals surface area contributed by atoms with Gasteiger partial charge in [-0.25, -0.2) is 9.82 Å². The Morgan fingerprint density at radius 1 is 1.30 bits per heavy atom. The standard InChI is InChI=1S/C21H23ClFN3O4/c1-4-30-17-10-13(9-15(22)19(17)27)11-24-26-21(29)18(12(2)3)25-20(28)14-7-5-6-8-16(14)23/h5-12,18,27H,4H2,1-3H3,(H,25,28)(H,26,29)/b24-11+. The van der Waals surface area contributed by atoms with E-state index in [9.17, 15) is 19.1 Å². The molecule has 160 valence electrons. The van der Waals surface area contributed by atoms with Crippen LogP contribution in [0.5, 0.6) is 11.5 Å². The Hall–Kier alpha value is -3.13. The number of carbonyl (C=O) groups is 2. The first-order valence-electron chi connectivity index (χ1n) is 9.28. The second kappa shape index (κ2) is 10.6. The molecule has 1 atom stereocenters. The average Bonchev–Trinajstić information content (AvgIpc) is 2.69. The number of hydrogen-bond donors (Lipinski definition) is 3. The fourth-order valence-corrected chi connectivity index (χ4v) is 2.79. The number of aromatic hydroxyl groups is 1. The minimum absolute atomic E-state index is 0.0749. The highest BCUT2D eigenvalue weighted by Gasteiger charge is 2.25. The third-order valence-electron chi connectivity index (χ3n) is 4.09. The largest absolute Gasteiger partial charge is 0.503 e. The molecule has 0 bridgehead atoms. The van der Waals surface area contributed by atoms with E-state index in [0.717, 1.165) is 0 Å². The quantitative estimate of drug-likeness (QED) is 0.436. The number of amides is 2. The lowest BCUT2D eigenvalue weighted by atomic mass is 10.0. The van der Waals surface area contributed by atoms with E-state index in [0.29, 0.717) is 12.2 Å². The number of hydrazone groups is 1. The number of halogens is 2. The summed E-state index contributed by atoms with van der Waals surface area (Å²) in [5, 5.41) is 16.3. The van der Waals surface area contributed by atoms with Crippen LogP contribution in [0.3, 0.4) is 0 Å². The van der Waals surface area contributed by atoms with Crippen LogP contribution in [0.4, 0.5) is 4.39 Å². The van der Waals surface area contributed by atoms with Crippen molar-refractivity contribution in [1.29, 1.82) is 0 Å². The van der Waals surface area contributed by atoms with Crippen molar-refractivity contribution in [1.82, 2.24) is 10.7 Å². The molecule has 0 heterocycles. The van der Waals surface area contributed by atoms with Crippen LogP contribution in [0.1, 0.15) is 36.7 Å². The zero-order chi connectivity index (χ0) is 22.3. The van der Waals surface area contributed by atoms with Crippen LogP contribution in [0.2, 0.25) is 5.02 Å². The number of ether oxygens (including phenoxy) is 1. The SMILES string of the molecule is CCOc1cc(/C=N/NC(=O)C(NC(=O)c2ccccc2F)C(C)C)cc(Cl)c1O. The number of phenols is 1. The van der Waals surface area contributed by atoms with Crippen LogP contribution in [-0.4, -0.2) is 35.8 Å². The first kappa shape index (κ1) is 23.2. The van der Waals surface area contributed by atoms with E-state index in [2.05, 4.69) is 15.8 Å². The summed E-state index contributed by atoms with van der Waals surface area (Å²) in [6.07, 6.45) is 1.32. The number of phenolic OH excluding ortho intramolecular Hbond substituents is 1. The Balaban J connectivity index is 2.09. The number of nitrogens with zero attached hydrogens (tertiary/aromatic N) is 1. The Morgan fingerprint density at radius 3 is 2.63 bits per heavy atom. The molecule has 0 spiro atoms. The molecule has 0 saturated heterocycles. The lowest BCUT2D eigenvalue weighted by Gasteiger charge is -2.20. The third kappa shape index (κ3) is 5.93. The molecule has 3 N–H and O–H groups in total. The molecule has 0 aromatic heterocycles. The van der Waals surface area contributed by atoms with Crippen molar-refractivity contribution >= 4 is 29.6 Å². The molecule has 2 amide bonds. The van der Waals surface area contributed by atoms with Crippen LogP contribution in [-0.2, 0) is 4.79 Å². The molecular weight excluding hydrogens is 413 g/mol. The van der Waals surface area contributed by atoms with Crippen molar-refractivity contribution in [2.24, 2.45) is 11.0 Å². The van der Waals surface area contributed by atoms with Gasteiger partial charge in [-0.3, -0.25) is 9.59 Å². The van der Waals surface area contributed by atoms with Gasteiger partial charge in [0.25, 0.3) is 11.8 Å². The molecule has 0 aliphatic carbocycles. The summed E-state index contributed by atoms with van der Waals surface area (Å²) in [4.78, 5) is 24.8. The molecule has 9 heteroatoms. The predicted octanol–water partition coefficient (Wildman–Crippen LogP) is 3.49. The van der Waals surface area contributed by atoms with Crippen molar-refractivity contribution in [2.45, 2.75) is 26.8 Å². The Labute approximate surface area is 178 Å². The highest BCUT2D eigenvalue weighted by Crippen LogP contribution is 2.34. The van der Waals surface area contributed by atoms with Crippen molar-refractivity contribution in [2.75, 3.05) is 6.61 Å². The van der Waals surface area contributed by atoms with E-state index in [4.69, 9.17) is 16.3 Å². The highest BCUT2D eigenvalue weighted by molar-refractivity contribution is 6.32. The summed E-state index contributed by atoms with van der Waals surface area (Å²) in [6, 6.07) is 7.55. The number of hydrogen-bond acceptors (Lipinski definition) is 5. The zero-order valence-electron chi connectivity index (χ0n) is 16.8. The van der Waals surface area contributed by atoms with Gasteiger partial charge in [0.15, 0.2) is 11.5 Å². The van der Waals surface area contributed by atoms with Gasteiger partial charge >= 0.3 is 0 Å². The van der Waals surface area contributed by atoms with E-state index in [1.54, 1.807) is 20.8 Å². The fourth-order valence-electron chi connectivity index (χ4n) is 2.57. The lowest BCUT2D eigenvalue weighted by molar-refractivity contribution is -0.123. The van der Waals surface area contributed by atoms with Gasteiger partial charge in [0, 0.05) is 0 Å². The summed E-state index contributed by atoms with van der Waals surface area (Å²) in [5.74, 6) is -2.21. The predicted molar refractivity (Wildman–Crippen MR) is 113 cm³/mol.